The molecule has 0 spiro atoms. The molecule has 0 aliphatic carbocycles. The Labute approximate surface area is 196 Å². The molecule has 1 aliphatic rings. The van der Waals surface area contributed by atoms with Crippen molar-refractivity contribution < 1.29 is 14.6 Å². The Morgan fingerprint density at radius 2 is 1.81 bits per heavy atom. The van der Waals surface area contributed by atoms with Gasteiger partial charge < -0.3 is 15.6 Å². The fourth-order valence-corrected chi connectivity index (χ4v) is 4.31. The van der Waals surface area contributed by atoms with Crippen LogP contribution in [0.1, 0.15) is 39.7 Å². The normalized spacial score (nSPS) is 19.7. The van der Waals surface area contributed by atoms with Gasteiger partial charge in [0.2, 0.25) is 0 Å². The first kappa shape index (κ1) is 22.7. The van der Waals surface area contributed by atoms with Crippen molar-refractivity contribution in [3.05, 3.63) is 98.8 Å². The van der Waals surface area contributed by atoms with Crippen LogP contribution in [0.3, 0.4) is 0 Å². The van der Waals surface area contributed by atoms with E-state index >= 15 is 0 Å². The molecule has 166 valence electrons. The highest BCUT2D eigenvalue weighted by Gasteiger charge is 2.52. The number of aliphatic hydroxyl groups is 1. The van der Waals surface area contributed by atoms with Gasteiger partial charge in [-0.15, -0.1) is 0 Å². The molecule has 32 heavy (non-hydrogen) atoms. The third-order valence-corrected chi connectivity index (χ3v) is 6.37. The highest BCUT2D eigenvalue weighted by atomic mass is 35.5. The Kier molecular flexibility index (Phi) is 6.00. The minimum Gasteiger partial charge on any atom is -0.384 e. The number of pyridine rings is 1. The van der Waals surface area contributed by atoms with Crippen LogP contribution in [0.25, 0.3) is 0 Å². The molecule has 1 unspecified atom stereocenters. The summed E-state index contributed by atoms with van der Waals surface area (Å²) >= 11 is 12.1. The van der Waals surface area contributed by atoms with E-state index < -0.39 is 11.3 Å². The summed E-state index contributed by atoms with van der Waals surface area (Å²) in [5, 5.41) is 11.7. The average Bonchev–Trinajstić information content (AvgIpc) is 3.03. The maximum absolute atomic E-state index is 13.7. The number of benzene rings is 2. The van der Waals surface area contributed by atoms with E-state index in [2.05, 4.69) is 4.98 Å². The second kappa shape index (κ2) is 8.46. The van der Waals surface area contributed by atoms with Crippen molar-refractivity contribution in [3.63, 3.8) is 0 Å². The molecule has 0 saturated heterocycles. The summed E-state index contributed by atoms with van der Waals surface area (Å²) < 4.78 is 6.10. The lowest BCUT2D eigenvalue weighted by atomic mass is 9.88. The zero-order valence-electron chi connectivity index (χ0n) is 17.7. The van der Waals surface area contributed by atoms with Crippen molar-refractivity contribution in [1.29, 1.82) is 0 Å². The quantitative estimate of drug-likeness (QED) is 0.565. The number of methoxy groups -OCH3 is 1. The van der Waals surface area contributed by atoms with Crippen LogP contribution in [-0.4, -0.2) is 34.6 Å². The lowest BCUT2D eigenvalue weighted by Gasteiger charge is -2.38. The van der Waals surface area contributed by atoms with Crippen molar-refractivity contribution in [2.24, 2.45) is 5.73 Å². The molecule has 6 nitrogen and oxygen atoms in total. The summed E-state index contributed by atoms with van der Waals surface area (Å²) in [6.45, 7) is 1.82. The number of carbonyl (C=O) groups excluding carboxylic acids is 1. The minimum atomic E-state index is -1.27. The molecule has 0 radical (unpaired) electrons. The number of hydrogen-bond donors (Lipinski definition) is 2. The maximum atomic E-state index is 13.7. The summed E-state index contributed by atoms with van der Waals surface area (Å²) in [5.41, 5.74) is 6.32. The van der Waals surface area contributed by atoms with Gasteiger partial charge in [0.1, 0.15) is 0 Å². The highest BCUT2D eigenvalue weighted by Crippen LogP contribution is 2.46. The van der Waals surface area contributed by atoms with Crippen LogP contribution in [0.15, 0.2) is 60.8 Å². The van der Waals surface area contributed by atoms with Crippen LogP contribution in [0.5, 0.6) is 0 Å². The lowest BCUT2D eigenvalue weighted by molar-refractivity contribution is -0.0868. The van der Waals surface area contributed by atoms with E-state index in [4.69, 9.17) is 33.7 Å². The number of ether oxygens (including phenoxy) is 1. The molecule has 1 amide bonds. The summed E-state index contributed by atoms with van der Waals surface area (Å²) in [4.78, 5) is 19.7. The summed E-state index contributed by atoms with van der Waals surface area (Å²) in [6.07, 6.45) is 1.54. The lowest BCUT2D eigenvalue weighted by Crippen LogP contribution is -2.45. The highest BCUT2D eigenvalue weighted by molar-refractivity contribution is 6.30. The number of nitrogens with zero attached hydrogens (tertiary/aromatic N) is 2. The van der Waals surface area contributed by atoms with Gasteiger partial charge in [0.15, 0.2) is 5.72 Å². The van der Waals surface area contributed by atoms with Crippen LogP contribution in [0.4, 0.5) is 0 Å². The molecule has 2 aromatic carbocycles. The van der Waals surface area contributed by atoms with Crippen LogP contribution in [0, 0.1) is 0 Å². The molecule has 0 bridgehead atoms. The van der Waals surface area contributed by atoms with Gasteiger partial charge in [0.05, 0.1) is 22.9 Å². The van der Waals surface area contributed by atoms with Crippen LogP contribution in [0.2, 0.25) is 10.0 Å². The monoisotopic (exact) mass is 471 g/mol. The molecule has 1 aliphatic heterocycles. The van der Waals surface area contributed by atoms with Gasteiger partial charge in [-0.2, -0.15) is 0 Å². The zero-order chi connectivity index (χ0) is 23.1. The van der Waals surface area contributed by atoms with Gasteiger partial charge in [-0.3, -0.25) is 14.7 Å². The number of rotatable bonds is 6. The van der Waals surface area contributed by atoms with Crippen molar-refractivity contribution in [2.75, 3.05) is 13.7 Å². The Morgan fingerprint density at radius 1 is 1.12 bits per heavy atom. The molecule has 0 fully saturated rings. The fourth-order valence-electron chi connectivity index (χ4n) is 4.07. The molecular formula is C24H23Cl2N3O3. The first-order valence-electron chi connectivity index (χ1n) is 10.0. The van der Waals surface area contributed by atoms with Crippen molar-refractivity contribution in [2.45, 2.75) is 24.8 Å². The average molecular weight is 472 g/mol. The van der Waals surface area contributed by atoms with E-state index in [1.54, 1.807) is 61.4 Å². The van der Waals surface area contributed by atoms with Crippen molar-refractivity contribution >= 4 is 29.1 Å². The number of amides is 1. The third-order valence-electron chi connectivity index (χ3n) is 5.90. The largest absolute Gasteiger partial charge is 0.384 e. The van der Waals surface area contributed by atoms with E-state index in [9.17, 15) is 9.90 Å². The van der Waals surface area contributed by atoms with E-state index in [0.29, 0.717) is 32.4 Å². The number of halogens is 2. The smallest absolute Gasteiger partial charge is 0.257 e. The molecule has 1 aromatic heterocycles. The Morgan fingerprint density at radius 3 is 2.41 bits per heavy atom. The number of nitrogens with two attached hydrogens (primary N) is 1. The van der Waals surface area contributed by atoms with Crippen LogP contribution in [-0.2, 0) is 22.6 Å². The maximum Gasteiger partial charge on any atom is 0.257 e. The van der Waals surface area contributed by atoms with Gasteiger partial charge in [0.25, 0.3) is 5.91 Å². The second-order valence-corrected chi connectivity index (χ2v) is 8.83. The molecule has 2 atom stereocenters. The topological polar surface area (TPSA) is 88.7 Å². The van der Waals surface area contributed by atoms with E-state index in [1.165, 1.54) is 6.20 Å². The third kappa shape index (κ3) is 3.68. The predicted molar refractivity (Wildman–Crippen MR) is 123 cm³/mol. The zero-order valence-corrected chi connectivity index (χ0v) is 19.2. The summed E-state index contributed by atoms with van der Waals surface area (Å²) in [5.74, 6) is -0.247. The van der Waals surface area contributed by atoms with Gasteiger partial charge in [-0.25, -0.2) is 0 Å². The van der Waals surface area contributed by atoms with Gasteiger partial charge in [-0.1, -0.05) is 47.5 Å². The first-order chi connectivity index (χ1) is 15.2. The minimum absolute atomic E-state index is 0.0188. The molecule has 3 N–H and O–H groups in total. The molecule has 4 rings (SSSR count). The number of hydrogen-bond acceptors (Lipinski definition) is 5. The molecule has 2 heterocycles. The number of carbonyl (C=O) groups is 1. The van der Waals surface area contributed by atoms with Gasteiger partial charge in [-0.05, 0) is 42.8 Å². The van der Waals surface area contributed by atoms with Crippen molar-refractivity contribution in [1.82, 2.24) is 9.88 Å². The Bertz CT molecular complexity index is 1150. The molecule has 0 saturated carbocycles. The van der Waals surface area contributed by atoms with Crippen molar-refractivity contribution in [3.8, 4) is 0 Å². The SMILES string of the molecule is CO[C@]1(c2ccc(Cl)cc2)c2ccc(C(C)(O)CN)cc2C(=O)N1Cc1ccc(Cl)cn1. The second-order valence-electron chi connectivity index (χ2n) is 7.95. The predicted octanol–water partition coefficient (Wildman–Crippen LogP) is 4.06. The first-order valence-corrected chi connectivity index (χ1v) is 10.8. The number of fused-ring (bicyclic) bond motifs is 1. The standard InChI is InChI=1S/C24H23Cl2N3O3/c1-23(31,14-27)16-5-10-21-20(11-16)22(30)29(13-19-9-8-18(26)12-28-19)24(21,32-2)15-3-6-17(25)7-4-15/h3-12,31H,13-14,27H2,1-2H3/t23?,24-/m1/s1. The number of aromatic nitrogens is 1. The molecule has 8 heteroatoms. The molecule has 3 aromatic rings. The fraction of sp³-hybridized carbons (Fsp3) is 0.250. The summed E-state index contributed by atoms with van der Waals surface area (Å²) in [7, 11) is 1.56. The van der Waals surface area contributed by atoms with E-state index in [0.717, 1.165) is 5.56 Å². The summed E-state index contributed by atoms with van der Waals surface area (Å²) in [6, 6.07) is 15.9. The van der Waals surface area contributed by atoms with Gasteiger partial charge >= 0.3 is 0 Å². The molecular weight excluding hydrogens is 449 g/mol. The van der Waals surface area contributed by atoms with Crippen LogP contribution >= 0.6 is 23.2 Å². The Balaban J connectivity index is 1.91. The van der Waals surface area contributed by atoms with E-state index in [-0.39, 0.29) is 19.0 Å². The van der Waals surface area contributed by atoms with Crippen LogP contribution < -0.4 is 5.73 Å². The van der Waals surface area contributed by atoms with Gasteiger partial charge in [0, 0.05) is 41.6 Å². The Hall–Kier alpha value is -2.48. The van der Waals surface area contributed by atoms with E-state index in [1.807, 2.05) is 12.1 Å².